The normalized spacial score (nSPS) is 26.3. The van der Waals surface area contributed by atoms with Crippen LogP contribution in [-0.2, 0) is 6.42 Å². The highest BCUT2D eigenvalue weighted by atomic mass is 15.2. The molecule has 3 unspecified atom stereocenters. The van der Waals surface area contributed by atoms with E-state index in [1.54, 1.807) is 0 Å². The van der Waals surface area contributed by atoms with Crippen molar-refractivity contribution in [3.05, 3.63) is 48.2 Å². The predicted molar refractivity (Wildman–Crippen MR) is 99.7 cm³/mol. The minimum Gasteiger partial charge on any atom is -0.361 e. The lowest BCUT2D eigenvalue weighted by Gasteiger charge is -2.42. The van der Waals surface area contributed by atoms with Crippen LogP contribution in [0.25, 0.3) is 10.9 Å². The van der Waals surface area contributed by atoms with Crippen LogP contribution in [-0.4, -0.2) is 29.0 Å². The third kappa shape index (κ3) is 3.53. The first-order valence-corrected chi connectivity index (χ1v) is 9.14. The van der Waals surface area contributed by atoms with Gasteiger partial charge in [0, 0.05) is 36.2 Å². The number of benzene rings is 1. The molecule has 1 fully saturated rings. The van der Waals surface area contributed by atoms with Gasteiger partial charge in [-0.25, -0.2) is 0 Å². The second-order valence-corrected chi connectivity index (χ2v) is 7.03. The van der Waals surface area contributed by atoms with Crippen molar-refractivity contribution in [3.8, 4) is 0 Å². The standard InChI is InChI=1S/C21H30N2/c1-4-8-17-13-18(5-2)16(3)23(15-17)12-11-19-14-22-21-10-7-6-9-20(19)21/h4,6-10,14,16-18,22H,5,11-13,15H2,1-3H3/b8-4-. The number of aromatic amines is 1. The number of fused-ring (bicyclic) bond motifs is 1. The van der Waals surface area contributed by atoms with Crippen LogP contribution in [0.2, 0.25) is 0 Å². The van der Waals surface area contributed by atoms with Crippen molar-refractivity contribution in [2.75, 3.05) is 13.1 Å². The van der Waals surface area contributed by atoms with E-state index in [0.717, 1.165) is 24.8 Å². The summed E-state index contributed by atoms with van der Waals surface area (Å²) in [6.45, 7) is 9.29. The molecule has 3 rings (SSSR count). The number of nitrogens with one attached hydrogen (secondary N) is 1. The van der Waals surface area contributed by atoms with Gasteiger partial charge >= 0.3 is 0 Å². The first-order chi connectivity index (χ1) is 11.2. The third-order valence-corrected chi connectivity index (χ3v) is 5.66. The van der Waals surface area contributed by atoms with E-state index in [0.29, 0.717) is 6.04 Å². The summed E-state index contributed by atoms with van der Waals surface area (Å²) in [5, 5.41) is 1.38. The molecule has 0 radical (unpaired) electrons. The van der Waals surface area contributed by atoms with Crippen LogP contribution >= 0.6 is 0 Å². The molecule has 2 heteroatoms. The molecule has 1 aliphatic heterocycles. The number of aromatic nitrogens is 1. The quantitative estimate of drug-likeness (QED) is 0.768. The summed E-state index contributed by atoms with van der Waals surface area (Å²) < 4.78 is 0. The number of allylic oxidation sites excluding steroid dienone is 1. The average Bonchev–Trinajstić information content (AvgIpc) is 2.98. The van der Waals surface area contributed by atoms with Gasteiger partial charge in [-0.05, 0) is 50.2 Å². The van der Waals surface area contributed by atoms with Gasteiger partial charge in [-0.15, -0.1) is 0 Å². The number of hydrogen-bond donors (Lipinski definition) is 1. The van der Waals surface area contributed by atoms with Crippen molar-refractivity contribution in [2.45, 2.75) is 46.1 Å². The van der Waals surface area contributed by atoms with E-state index in [1.807, 2.05) is 0 Å². The molecular weight excluding hydrogens is 280 g/mol. The van der Waals surface area contributed by atoms with Gasteiger partial charge in [-0.2, -0.15) is 0 Å². The molecule has 1 aromatic carbocycles. The molecule has 0 bridgehead atoms. The van der Waals surface area contributed by atoms with Crippen molar-refractivity contribution in [2.24, 2.45) is 11.8 Å². The van der Waals surface area contributed by atoms with E-state index in [1.165, 1.54) is 35.9 Å². The van der Waals surface area contributed by atoms with Crippen molar-refractivity contribution >= 4 is 10.9 Å². The molecule has 0 amide bonds. The van der Waals surface area contributed by atoms with E-state index in [-0.39, 0.29) is 0 Å². The van der Waals surface area contributed by atoms with Crippen LogP contribution in [0, 0.1) is 11.8 Å². The maximum atomic E-state index is 3.41. The van der Waals surface area contributed by atoms with E-state index in [9.17, 15) is 0 Å². The van der Waals surface area contributed by atoms with Gasteiger partial charge < -0.3 is 4.98 Å². The van der Waals surface area contributed by atoms with Crippen LogP contribution in [0.15, 0.2) is 42.6 Å². The first-order valence-electron chi connectivity index (χ1n) is 9.14. The van der Waals surface area contributed by atoms with Crippen molar-refractivity contribution in [1.82, 2.24) is 9.88 Å². The minimum absolute atomic E-state index is 0.701. The monoisotopic (exact) mass is 310 g/mol. The zero-order valence-corrected chi connectivity index (χ0v) is 14.8. The lowest BCUT2D eigenvalue weighted by atomic mass is 9.82. The Morgan fingerprint density at radius 2 is 2.13 bits per heavy atom. The fourth-order valence-electron chi connectivity index (χ4n) is 4.24. The van der Waals surface area contributed by atoms with E-state index in [2.05, 4.69) is 73.3 Å². The summed E-state index contributed by atoms with van der Waals surface area (Å²) in [5.74, 6) is 1.55. The Morgan fingerprint density at radius 1 is 1.30 bits per heavy atom. The molecule has 1 aliphatic rings. The summed E-state index contributed by atoms with van der Waals surface area (Å²) in [7, 11) is 0. The van der Waals surface area contributed by atoms with E-state index >= 15 is 0 Å². The van der Waals surface area contributed by atoms with Crippen LogP contribution in [0.3, 0.4) is 0 Å². The highest BCUT2D eigenvalue weighted by Gasteiger charge is 2.30. The van der Waals surface area contributed by atoms with E-state index < -0.39 is 0 Å². The Labute approximate surface area is 140 Å². The lowest BCUT2D eigenvalue weighted by molar-refractivity contribution is 0.0796. The van der Waals surface area contributed by atoms with Gasteiger partial charge in [0.25, 0.3) is 0 Å². The molecule has 0 aliphatic carbocycles. The lowest BCUT2D eigenvalue weighted by Crippen LogP contribution is -2.47. The molecule has 23 heavy (non-hydrogen) atoms. The van der Waals surface area contributed by atoms with Crippen molar-refractivity contribution in [3.63, 3.8) is 0 Å². The molecule has 2 aromatic rings. The number of piperidine rings is 1. The van der Waals surface area contributed by atoms with Gasteiger partial charge in [-0.1, -0.05) is 43.7 Å². The fraction of sp³-hybridized carbons (Fsp3) is 0.524. The van der Waals surface area contributed by atoms with Gasteiger partial charge in [0.2, 0.25) is 0 Å². The topological polar surface area (TPSA) is 19.0 Å². The number of H-pyrrole nitrogens is 1. The molecule has 124 valence electrons. The average molecular weight is 310 g/mol. The Kier molecular flexibility index (Phi) is 5.22. The summed E-state index contributed by atoms with van der Waals surface area (Å²) in [6.07, 6.45) is 10.6. The Morgan fingerprint density at radius 3 is 2.91 bits per heavy atom. The molecule has 1 aromatic heterocycles. The van der Waals surface area contributed by atoms with Gasteiger partial charge in [0.1, 0.15) is 0 Å². The molecule has 1 saturated heterocycles. The van der Waals surface area contributed by atoms with Crippen LogP contribution < -0.4 is 0 Å². The SMILES string of the molecule is C/C=C\C1CC(CC)C(C)N(CCc2c[nH]c3ccccc23)C1. The molecule has 1 N–H and O–H groups in total. The predicted octanol–water partition coefficient (Wildman–Crippen LogP) is 5.02. The zero-order valence-electron chi connectivity index (χ0n) is 14.8. The number of nitrogens with zero attached hydrogens (tertiary/aromatic N) is 1. The van der Waals surface area contributed by atoms with Gasteiger partial charge in [-0.3, -0.25) is 4.90 Å². The van der Waals surface area contributed by atoms with Crippen LogP contribution in [0.4, 0.5) is 0 Å². The summed E-state index contributed by atoms with van der Waals surface area (Å²) in [6, 6.07) is 9.34. The Bertz CT molecular complexity index is 655. The number of para-hydroxylation sites is 1. The molecule has 2 nitrogen and oxygen atoms in total. The molecule has 0 spiro atoms. The molecular formula is C21H30N2. The summed E-state index contributed by atoms with van der Waals surface area (Å²) in [5.41, 5.74) is 2.71. The van der Waals surface area contributed by atoms with Crippen LogP contribution in [0.5, 0.6) is 0 Å². The summed E-state index contributed by atoms with van der Waals surface area (Å²) in [4.78, 5) is 6.12. The van der Waals surface area contributed by atoms with Crippen molar-refractivity contribution in [1.29, 1.82) is 0 Å². The second-order valence-electron chi connectivity index (χ2n) is 7.03. The largest absolute Gasteiger partial charge is 0.361 e. The Hall–Kier alpha value is -1.54. The Balaban J connectivity index is 1.70. The highest BCUT2D eigenvalue weighted by Crippen LogP contribution is 2.31. The highest BCUT2D eigenvalue weighted by molar-refractivity contribution is 5.83. The molecule has 0 saturated carbocycles. The van der Waals surface area contributed by atoms with Gasteiger partial charge in [0.15, 0.2) is 0 Å². The zero-order chi connectivity index (χ0) is 16.2. The first kappa shape index (κ1) is 16.3. The maximum Gasteiger partial charge on any atom is 0.0456 e. The number of hydrogen-bond acceptors (Lipinski definition) is 1. The van der Waals surface area contributed by atoms with Gasteiger partial charge in [0.05, 0.1) is 0 Å². The maximum absolute atomic E-state index is 3.41. The minimum atomic E-state index is 0.701. The number of likely N-dealkylation sites (tertiary alicyclic amines) is 1. The molecule has 2 heterocycles. The molecule has 3 atom stereocenters. The number of rotatable bonds is 5. The second kappa shape index (κ2) is 7.35. The smallest absolute Gasteiger partial charge is 0.0456 e. The third-order valence-electron chi connectivity index (χ3n) is 5.66. The van der Waals surface area contributed by atoms with Crippen molar-refractivity contribution < 1.29 is 0 Å². The van der Waals surface area contributed by atoms with E-state index in [4.69, 9.17) is 0 Å². The van der Waals surface area contributed by atoms with Crippen LogP contribution in [0.1, 0.15) is 39.2 Å². The fourth-order valence-corrected chi connectivity index (χ4v) is 4.24. The summed E-state index contributed by atoms with van der Waals surface area (Å²) >= 11 is 0.